The Labute approximate surface area is 95.5 Å². The van der Waals surface area contributed by atoms with Crippen LogP contribution in [0.25, 0.3) is 0 Å². The van der Waals surface area contributed by atoms with Crippen molar-refractivity contribution in [1.29, 1.82) is 0 Å². The van der Waals surface area contributed by atoms with Crippen LogP contribution in [-0.4, -0.2) is 9.97 Å². The van der Waals surface area contributed by atoms with Gasteiger partial charge in [0, 0.05) is 27.2 Å². The minimum absolute atomic E-state index is 0.338. The number of rotatable bonds is 2. The van der Waals surface area contributed by atoms with Crippen LogP contribution >= 0.6 is 23.4 Å². The maximum Gasteiger partial charge on any atom is 0.344 e. The zero-order valence-corrected chi connectivity index (χ0v) is 9.18. The molecule has 0 saturated carbocycles. The van der Waals surface area contributed by atoms with E-state index in [4.69, 9.17) is 11.6 Å². The summed E-state index contributed by atoms with van der Waals surface area (Å²) in [6.07, 6.45) is 3.17. The summed E-state index contributed by atoms with van der Waals surface area (Å²) in [4.78, 5) is 18.8. The van der Waals surface area contributed by atoms with Gasteiger partial charge in [0.05, 0.1) is 0 Å². The van der Waals surface area contributed by atoms with Crippen LogP contribution in [-0.2, 0) is 0 Å². The molecule has 0 spiro atoms. The van der Waals surface area contributed by atoms with E-state index in [9.17, 15) is 4.79 Å². The summed E-state index contributed by atoms with van der Waals surface area (Å²) in [7, 11) is 0. The minimum Gasteiger partial charge on any atom is -0.312 e. The fraction of sp³-hybridized carbons (Fsp3) is 0. The number of aromatic amines is 1. The summed E-state index contributed by atoms with van der Waals surface area (Å²) in [6.45, 7) is 0. The van der Waals surface area contributed by atoms with Gasteiger partial charge < -0.3 is 4.98 Å². The van der Waals surface area contributed by atoms with Crippen LogP contribution in [0.4, 0.5) is 0 Å². The van der Waals surface area contributed by atoms with Gasteiger partial charge in [-0.05, 0) is 24.3 Å². The first-order valence-corrected chi connectivity index (χ1v) is 5.42. The topological polar surface area (TPSA) is 45.8 Å². The molecule has 2 rings (SSSR count). The van der Waals surface area contributed by atoms with Gasteiger partial charge in [0.25, 0.3) is 0 Å². The maximum absolute atomic E-state index is 10.7. The lowest BCUT2D eigenvalue weighted by Gasteiger charge is -1.99. The minimum atomic E-state index is -0.338. The number of hydrogen-bond donors (Lipinski definition) is 1. The Balaban J connectivity index is 2.18. The van der Waals surface area contributed by atoms with Crippen molar-refractivity contribution in [2.75, 3.05) is 0 Å². The van der Waals surface area contributed by atoms with Crippen molar-refractivity contribution in [1.82, 2.24) is 9.97 Å². The van der Waals surface area contributed by atoms with Crippen molar-refractivity contribution in [3.63, 3.8) is 0 Å². The fourth-order valence-electron chi connectivity index (χ4n) is 1.02. The van der Waals surface area contributed by atoms with E-state index in [1.54, 1.807) is 6.20 Å². The highest BCUT2D eigenvalue weighted by molar-refractivity contribution is 7.99. The first kappa shape index (κ1) is 10.3. The van der Waals surface area contributed by atoms with Crippen LogP contribution in [0.2, 0.25) is 5.02 Å². The molecule has 0 radical (unpaired) electrons. The van der Waals surface area contributed by atoms with Crippen molar-refractivity contribution in [2.24, 2.45) is 0 Å². The van der Waals surface area contributed by atoms with Crippen LogP contribution in [0.5, 0.6) is 0 Å². The summed E-state index contributed by atoms with van der Waals surface area (Å²) >= 11 is 7.28. The molecular weight excluding hydrogens is 232 g/mol. The van der Waals surface area contributed by atoms with E-state index in [1.165, 1.54) is 18.0 Å². The average Bonchev–Trinajstić information content (AvgIpc) is 2.25. The second kappa shape index (κ2) is 4.51. The molecule has 2 aromatic rings. The van der Waals surface area contributed by atoms with E-state index in [0.29, 0.717) is 5.02 Å². The molecule has 3 nitrogen and oxygen atoms in total. The van der Waals surface area contributed by atoms with Crippen LogP contribution in [0, 0.1) is 0 Å². The third-order valence-electron chi connectivity index (χ3n) is 1.70. The lowest BCUT2D eigenvalue weighted by molar-refractivity contribution is 1.02. The van der Waals surface area contributed by atoms with Gasteiger partial charge in [-0.3, -0.25) is 0 Å². The Morgan fingerprint density at radius 1 is 1.20 bits per heavy atom. The van der Waals surface area contributed by atoms with Gasteiger partial charge in [0.15, 0.2) is 0 Å². The first-order chi connectivity index (χ1) is 7.24. The van der Waals surface area contributed by atoms with Gasteiger partial charge in [-0.25, -0.2) is 9.78 Å². The maximum atomic E-state index is 10.7. The lowest BCUT2D eigenvalue weighted by atomic mass is 10.4. The molecule has 0 aliphatic heterocycles. The predicted octanol–water partition coefficient (Wildman–Crippen LogP) is 2.57. The van der Waals surface area contributed by atoms with Gasteiger partial charge in [0.1, 0.15) is 0 Å². The van der Waals surface area contributed by atoms with Crippen molar-refractivity contribution in [3.05, 3.63) is 52.2 Å². The second-order valence-corrected chi connectivity index (χ2v) is 4.39. The Hall–Kier alpha value is -1.26. The Kier molecular flexibility index (Phi) is 3.08. The molecule has 1 N–H and O–H groups in total. The third kappa shape index (κ3) is 2.84. The normalized spacial score (nSPS) is 10.2. The van der Waals surface area contributed by atoms with E-state index in [2.05, 4.69) is 9.97 Å². The SMILES string of the molecule is O=c1ncc(Sc2ccc(Cl)cc2)c[nH]1. The van der Waals surface area contributed by atoms with E-state index >= 15 is 0 Å². The Bertz CT molecular complexity index is 489. The van der Waals surface area contributed by atoms with Gasteiger partial charge >= 0.3 is 5.69 Å². The molecular formula is C10H7ClN2OS. The fourth-order valence-corrected chi connectivity index (χ4v) is 1.92. The van der Waals surface area contributed by atoms with Crippen molar-refractivity contribution in [3.8, 4) is 0 Å². The zero-order valence-electron chi connectivity index (χ0n) is 7.61. The Morgan fingerprint density at radius 2 is 1.93 bits per heavy atom. The molecule has 0 fully saturated rings. The summed E-state index contributed by atoms with van der Waals surface area (Å²) in [5.41, 5.74) is -0.338. The van der Waals surface area contributed by atoms with E-state index in [0.717, 1.165) is 9.79 Å². The van der Waals surface area contributed by atoms with Gasteiger partial charge in [0.2, 0.25) is 0 Å². The number of nitrogens with zero attached hydrogens (tertiary/aromatic N) is 1. The molecule has 1 aromatic carbocycles. The average molecular weight is 239 g/mol. The van der Waals surface area contributed by atoms with Crippen LogP contribution in [0.1, 0.15) is 0 Å². The zero-order chi connectivity index (χ0) is 10.7. The molecule has 76 valence electrons. The lowest BCUT2D eigenvalue weighted by Crippen LogP contribution is -2.07. The van der Waals surface area contributed by atoms with Crippen LogP contribution in [0.3, 0.4) is 0 Å². The number of hydrogen-bond acceptors (Lipinski definition) is 3. The van der Waals surface area contributed by atoms with Gasteiger partial charge in [-0.1, -0.05) is 23.4 Å². The number of aromatic nitrogens is 2. The molecule has 15 heavy (non-hydrogen) atoms. The van der Waals surface area contributed by atoms with Crippen molar-refractivity contribution < 1.29 is 0 Å². The highest BCUT2D eigenvalue weighted by Gasteiger charge is 1.97. The summed E-state index contributed by atoms with van der Waals surface area (Å²) in [5.74, 6) is 0. The molecule has 0 bridgehead atoms. The summed E-state index contributed by atoms with van der Waals surface area (Å²) in [6, 6.07) is 7.47. The summed E-state index contributed by atoms with van der Waals surface area (Å²) in [5, 5.41) is 0.707. The summed E-state index contributed by atoms with van der Waals surface area (Å²) < 4.78 is 0. The van der Waals surface area contributed by atoms with Gasteiger partial charge in [-0.2, -0.15) is 0 Å². The molecule has 0 amide bonds. The number of H-pyrrole nitrogens is 1. The molecule has 5 heteroatoms. The largest absolute Gasteiger partial charge is 0.344 e. The molecule has 0 atom stereocenters. The second-order valence-electron chi connectivity index (χ2n) is 2.81. The standard InChI is InChI=1S/C10H7ClN2OS/c11-7-1-3-8(4-2-7)15-9-5-12-10(14)13-6-9/h1-6H,(H,12,13,14). The molecule has 0 saturated heterocycles. The smallest absolute Gasteiger partial charge is 0.312 e. The molecule has 0 unspecified atom stereocenters. The Morgan fingerprint density at radius 3 is 2.53 bits per heavy atom. The number of nitrogens with one attached hydrogen (secondary N) is 1. The highest BCUT2D eigenvalue weighted by atomic mass is 35.5. The van der Waals surface area contributed by atoms with Crippen molar-refractivity contribution in [2.45, 2.75) is 9.79 Å². The van der Waals surface area contributed by atoms with Gasteiger partial charge in [-0.15, -0.1) is 0 Å². The van der Waals surface area contributed by atoms with E-state index < -0.39 is 0 Å². The molecule has 0 aliphatic carbocycles. The van der Waals surface area contributed by atoms with E-state index in [1.807, 2.05) is 24.3 Å². The van der Waals surface area contributed by atoms with E-state index in [-0.39, 0.29) is 5.69 Å². The third-order valence-corrected chi connectivity index (χ3v) is 2.92. The van der Waals surface area contributed by atoms with Crippen LogP contribution < -0.4 is 5.69 Å². The van der Waals surface area contributed by atoms with Crippen LogP contribution in [0.15, 0.2) is 51.2 Å². The predicted molar refractivity (Wildman–Crippen MR) is 60.4 cm³/mol. The quantitative estimate of drug-likeness (QED) is 0.875. The monoisotopic (exact) mass is 238 g/mol. The first-order valence-electron chi connectivity index (χ1n) is 4.22. The number of benzene rings is 1. The van der Waals surface area contributed by atoms with Crippen molar-refractivity contribution >= 4 is 23.4 Å². The molecule has 1 heterocycles. The number of halogens is 1. The highest BCUT2D eigenvalue weighted by Crippen LogP contribution is 2.26. The molecule has 0 aliphatic rings. The molecule has 1 aromatic heterocycles.